The zero-order chi connectivity index (χ0) is 18.8. The molecule has 9 heteroatoms. The summed E-state index contributed by atoms with van der Waals surface area (Å²) in [5.74, 6) is 0.714. The minimum atomic E-state index is -2.87. The standard InChI is InChI=1S/C18H27F2N3O3.HI/c1-2-21-17(23-12-18(7-9-24)8-10-25-13-18)22-11-14-5-3-4-6-15(14)26-16(19)20;/h3-6,16,24H,2,7-13H2,1H3,(H2,21,22,23);1H. The number of ether oxygens (including phenoxy) is 2. The second-order valence-corrected chi connectivity index (χ2v) is 6.31. The number of para-hydroxylation sites is 1. The lowest BCUT2D eigenvalue weighted by atomic mass is 9.84. The molecule has 1 aromatic carbocycles. The molecule has 1 aliphatic rings. The van der Waals surface area contributed by atoms with Gasteiger partial charge >= 0.3 is 6.61 Å². The first-order valence-electron chi connectivity index (χ1n) is 8.82. The van der Waals surface area contributed by atoms with Gasteiger partial charge in [0.25, 0.3) is 0 Å². The summed E-state index contributed by atoms with van der Waals surface area (Å²) in [6.07, 6.45) is 1.54. The molecular weight excluding hydrogens is 471 g/mol. The van der Waals surface area contributed by atoms with E-state index in [1.165, 1.54) is 6.07 Å². The van der Waals surface area contributed by atoms with Crippen LogP contribution in [0.4, 0.5) is 8.78 Å². The summed E-state index contributed by atoms with van der Waals surface area (Å²) in [6.45, 7) is 1.98. The molecule has 2 rings (SSSR count). The third kappa shape index (κ3) is 7.74. The van der Waals surface area contributed by atoms with Gasteiger partial charge in [-0.05, 0) is 25.8 Å². The van der Waals surface area contributed by atoms with Crippen molar-refractivity contribution in [3.05, 3.63) is 29.8 Å². The molecule has 154 valence electrons. The van der Waals surface area contributed by atoms with E-state index in [2.05, 4.69) is 20.4 Å². The average Bonchev–Trinajstić information content (AvgIpc) is 3.07. The van der Waals surface area contributed by atoms with Gasteiger partial charge in [-0.3, -0.25) is 0 Å². The van der Waals surface area contributed by atoms with Crippen LogP contribution in [0.2, 0.25) is 0 Å². The Hall–Kier alpha value is -1.20. The number of hydrogen-bond donors (Lipinski definition) is 3. The summed E-state index contributed by atoms with van der Waals surface area (Å²) in [5.41, 5.74) is 0.473. The molecule has 1 heterocycles. The largest absolute Gasteiger partial charge is 0.434 e. The summed E-state index contributed by atoms with van der Waals surface area (Å²) in [5, 5.41) is 15.7. The summed E-state index contributed by atoms with van der Waals surface area (Å²) < 4.78 is 35.1. The van der Waals surface area contributed by atoms with Crippen LogP contribution in [-0.4, -0.2) is 50.6 Å². The first-order valence-corrected chi connectivity index (χ1v) is 8.82. The quantitative estimate of drug-likeness (QED) is 0.277. The van der Waals surface area contributed by atoms with Crippen molar-refractivity contribution in [1.29, 1.82) is 0 Å². The molecule has 1 atom stereocenters. The number of guanidine groups is 1. The van der Waals surface area contributed by atoms with E-state index in [0.29, 0.717) is 44.2 Å². The SMILES string of the molecule is CCNC(=NCc1ccccc1OC(F)F)NCC1(CCO)CCOC1.I. The average molecular weight is 499 g/mol. The van der Waals surface area contributed by atoms with Crippen molar-refractivity contribution < 1.29 is 23.4 Å². The molecule has 6 nitrogen and oxygen atoms in total. The molecule has 3 N–H and O–H groups in total. The lowest BCUT2D eigenvalue weighted by Crippen LogP contribution is -2.44. The van der Waals surface area contributed by atoms with Crippen molar-refractivity contribution in [3.8, 4) is 5.75 Å². The van der Waals surface area contributed by atoms with Crippen molar-refractivity contribution in [1.82, 2.24) is 10.6 Å². The zero-order valence-corrected chi connectivity index (χ0v) is 17.7. The number of aliphatic hydroxyl groups is 1. The van der Waals surface area contributed by atoms with Gasteiger partial charge in [0.05, 0.1) is 13.2 Å². The highest BCUT2D eigenvalue weighted by Gasteiger charge is 2.34. The molecule has 0 spiro atoms. The van der Waals surface area contributed by atoms with Crippen molar-refractivity contribution in [2.24, 2.45) is 10.4 Å². The number of aliphatic hydroxyl groups excluding tert-OH is 1. The van der Waals surface area contributed by atoms with E-state index in [-0.39, 0.29) is 48.3 Å². The fourth-order valence-corrected chi connectivity index (χ4v) is 2.93. The molecule has 0 aliphatic carbocycles. The van der Waals surface area contributed by atoms with Gasteiger partial charge in [-0.25, -0.2) is 4.99 Å². The van der Waals surface area contributed by atoms with Gasteiger partial charge in [-0.15, -0.1) is 24.0 Å². The zero-order valence-electron chi connectivity index (χ0n) is 15.4. The van der Waals surface area contributed by atoms with Gasteiger partial charge in [0, 0.05) is 37.3 Å². The number of aliphatic imine (C=N–C) groups is 1. The second-order valence-electron chi connectivity index (χ2n) is 6.31. The van der Waals surface area contributed by atoms with E-state index >= 15 is 0 Å². The molecule has 1 aromatic rings. The van der Waals surface area contributed by atoms with Gasteiger partial charge in [0.15, 0.2) is 5.96 Å². The predicted molar refractivity (Wildman–Crippen MR) is 111 cm³/mol. The summed E-state index contributed by atoms with van der Waals surface area (Å²) in [6, 6.07) is 6.62. The van der Waals surface area contributed by atoms with Crippen LogP contribution in [0, 0.1) is 5.41 Å². The summed E-state index contributed by atoms with van der Waals surface area (Å²) in [4.78, 5) is 4.47. The van der Waals surface area contributed by atoms with Crippen LogP contribution in [0.15, 0.2) is 29.3 Å². The molecule has 0 saturated carbocycles. The molecule has 27 heavy (non-hydrogen) atoms. The fraction of sp³-hybridized carbons (Fsp3) is 0.611. The van der Waals surface area contributed by atoms with Gasteiger partial charge in [-0.2, -0.15) is 8.78 Å². The number of alkyl halides is 2. The third-order valence-corrected chi connectivity index (χ3v) is 4.40. The van der Waals surface area contributed by atoms with Crippen LogP contribution in [0.1, 0.15) is 25.3 Å². The van der Waals surface area contributed by atoms with E-state index in [1.54, 1.807) is 18.2 Å². The highest BCUT2D eigenvalue weighted by Crippen LogP contribution is 2.31. The van der Waals surface area contributed by atoms with E-state index < -0.39 is 6.61 Å². The maximum Gasteiger partial charge on any atom is 0.387 e. The second kappa shape index (κ2) is 12.3. The Bertz CT molecular complexity index is 585. The van der Waals surface area contributed by atoms with Crippen molar-refractivity contribution in [3.63, 3.8) is 0 Å². The maximum absolute atomic E-state index is 12.5. The van der Waals surface area contributed by atoms with Crippen molar-refractivity contribution >= 4 is 29.9 Å². The smallest absolute Gasteiger partial charge is 0.387 e. The van der Waals surface area contributed by atoms with Crippen molar-refractivity contribution in [2.45, 2.75) is 32.9 Å². The molecule has 0 aromatic heterocycles. The Kier molecular flexibility index (Phi) is 10.9. The molecule has 0 bridgehead atoms. The monoisotopic (exact) mass is 499 g/mol. The van der Waals surface area contributed by atoms with Crippen LogP contribution >= 0.6 is 24.0 Å². The van der Waals surface area contributed by atoms with E-state index in [1.807, 2.05) is 6.92 Å². The Balaban J connectivity index is 0.00000364. The van der Waals surface area contributed by atoms with Crippen molar-refractivity contribution in [2.75, 3.05) is 32.9 Å². The molecular formula is C18H28F2IN3O3. The van der Waals surface area contributed by atoms with Gasteiger partial charge < -0.3 is 25.2 Å². The number of halogens is 3. The third-order valence-electron chi connectivity index (χ3n) is 4.40. The normalized spacial score (nSPS) is 19.7. The maximum atomic E-state index is 12.5. The number of rotatable bonds is 9. The Morgan fingerprint density at radius 1 is 1.37 bits per heavy atom. The van der Waals surface area contributed by atoms with E-state index in [9.17, 15) is 13.9 Å². The molecule has 1 aliphatic heterocycles. The number of nitrogens with one attached hydrogen (secondary N) is 2. The summed E-state index contributed by atoms with van der Waals surface area (Å²) in [7, 11) is 0. The van der Waals surface area contributed by atoms with Crippen LogP contribution in [0.25, 0.3) is 0 Å². The Labute approximate surface area is 175 Å². The highest BCUT2D eigenvalue weighted by molar-refractivity contribution is 14.0. The highest BCUT2D eigenvalue weighted by atomic mass is 127. The molecule has 0 radical (unpaired) electrons. The van der Waals surface area contributed by atoms with Crippen LogP contribution in [0.5, 0.6) is 5.75 Å². The number of benzene rings is 1. The molecule has 1 saturated heterocycles. The van der Waals surface area contributed by atoms with Crippen LogP contribution < -0.4 is 15.4 Å². The molecule has 1 fully saturated rings. The minimum absolute atomic E-state index is 0. The summed E-state index contributed by atoms with van der Waals surface area (Å²) >= 11 is 0. The first kappa shape index (κ1) is 23.8. The van der Waals surface area contributed by atoms with Crippen LogP contribution in [-0.2, 0) is 11.3 Å². The first-order chi connectivity index (χ1) is 12.6. The van der Waals surface area contributed by atoms with Gasteiger partial charge in [0.1, 0.15) is 5.75 Å². The lowest BCUT2D eigenvalue weighted by Gasteiger charge is -2.27. The van der Waals surface area contributed by atoms with E-state index in [0.717, 1.165) is 6.42 Å². The Morgan fingerprint density at radius 2 is 2.15 bits per heavy atom. The van der Waals surface area contributed by atoms with Crippen LogP contribution in [0.3, 0.4) is 0 Å². The predicted octanol–water partition coefficient (Wildman–Crippen LogP) is 2.75. The minimum Gasteiger partial charge on any atom is -0.434 e. The Morgan fingerprint density at radius 3 is 2.78 bits per heavy atom. The topological polar surface area (TPSA) is 75.1 Å². The fourth-order valence-electron chi connectivity index (χ4n) is 2.93. The molecule has 0 amide bonds. The lowest BCUT2D eigenvalue weighted by molar-refractivity contribution is -0.0504. The molecule has 1 unspecified atom stereocenters. The van der Waals surface area contributed by atoms with E-state index in [4.69, 9.17) is 4.74 Å². The number of nitrogens with zero attached hydrogens (tertiary/aromatic N) is 1. The van der Waals surface area contributed by atoms with Gasteiger partial charge in [0.2, 0.25) is 0 Å². The number of hydrogen-bond acceptors (Lipinski definition) is 4. The van der Waals surface area contributed by atoms with Gasteiger partial charge in [-0.1, -0.05) is 18.2 Å².